The third kappa shape index (κ3) is 2.43. The Hall–Kier alpha value is -2.54. The van der Waals surface area contributed by atoms with Crippen LogP contribution >= 0.6 is 11.8 Å². The van der Waals surface area contributed by atoms with Gasteiger partial charge in [0.25, 0.3) is 11.1 Å². The SMILES string of the molecule is COC(=O)c1ccc2c(/C=C3\SC(=O)NC3=O)c[nH]c2c1. The van der Waals surface area contributed by atoms with Gasteiger partial charge in [-0.25, -0.2) is 4.79 Å². The predicted octanol–water partition coefficient (Wildman–Crippen LogP) is 2.28. The molecule has 1 aromatic carbocycles. The molecule has 0 spiro atoms. The Balaban J connectivity index is 2.02. The zero-order valence-electron chi connectivity index (χ0n) is 10.9. The molecule has 1 aliphatic rings. The molecule has 0 unspecified atom stereocenters. The zero-order valence-corrected chi connectivity index (χ0v) is 11.7. The highest BCUT2D eigenvalue weighted by molar-refractivity contribution is 8.18. The van der Waals surface area contributed by atoms with E-state index in [1.807, 2.05) is 0 Å². The normalized spacial score (nSPS) is 16.5. The molecule has 1 saturated heterocycles. The van der Waals surface area contributed by atoms with Crippen molar-refractivity contribution in [3.8, 4) is 0 Å². The highest BCUT2D eigenvalue weighted by atomic mass is 32.2. The standard InChI is InChI=1S/C14H10N2O4S/c1-20-13(18)7-2-3-9-8(6-15-10(9)4-7)5-11-12(17)16-14(19)21-11/h2-6,15H,1H3,(H,16,17,19)/b11-5-. The van der Waals surface area contributed by atoms with Crippen molar-refractivity contribution in [2.24, 2.45) is 0 Å². The first-order valence-electron chi connectivity index (χ1n) is 6.03. The summed E-state index contributed by atoms with van der Waals surface area (Å²) >= 11 is 0.866. The van der Waals surface area contributed by atoms with Crippen LogP contribution in [0.1, 0.15) is 15.9 Å². The van der Waals surface area contributed by atoms with Crippen LogP contribution in [0.4, 0.5) is 4.79 Å². The van der Waals surface area contributed by atoms with Gasteiger partial charge in [0.2, 0.25) is 0 Å². The predicted molar refractivity (Wildman–Crippen MR) is 78.7 cm³/mol. The number of nitrogens with one attached hydrogen (secondary N) is 2. The van der Waals surface area contributed by atoms with Crippen LogP contribution < -0.4 is 5.32 Å². The molecule has 1 aliphatic heterocycles. The number of fused-ring (bicyclic) bond motifs is 1. The molecule has 0 saturated carbocycles. The Labute approximate surface area is 123 Å². The molecule has 2 aromatic rings. The third-order valence-electron chi connectivity index (χ3n) is 3.06. The number of H-pyrrole nitrogens is 1. The number of esters is 1. The highest BCUT2D eigenvalue weighted by Crippen LogP contribution is 2.28. The first-order valence-corrected chi connectivity index (χ1v) is 6.84. The van der Waals surface area contributed by atoms with Crippen LogP contribution in [-0.2, 0) is 9.53 Å². The van der Waals surface area contributed by atoms with Crippen LogP contribution in [0.3, 0.4) is 0 Å². The summed E-state index contributed by atoms with van der Waals surface area (Å²) in [5.41, 5.74) is 1.96. The van der Waals surface area contributed by atoms with E-state index in [1.165, 1.54) is 7.11 Å². The Morgan fingerprint density at radius 1 is 1.33 bits per heavy atom. The Morgan fingerprint density at radius 2 is 2.14 bits per heavy atom. The van der Waals surface area contributed by atoms with Crippen LogP contribution in [0.15, 0.2) is 29.3 Å². The molecular formula is C14H10N2O4S. The second kappa shape index (κ2) is 5.10. The van der Waals surface area contributed by atoms with Gasteiger partial charge in [-0.3, -0.25) is 14.9 Å². The third-order valence-corrected chi connectivity index (χ3v) is 3.87. The Kier molecular flexibility index (Phi) is 3.26. The Bertz CT molecular complexity index is 806. The molecule has 1 aromatic heterocycles. The summed E-state index contributed by atoms with van der Waals surface area (Å²) in [5.74, 6) is -0.812. The van der Waals surface area contributed by atoms with Gasteiger partial charge in [0.05, 0.1) is 17.6 Å². The molecule has 2 heterocycles. The zero-order chi connectivity index (χ0) is 15.0. The topological polar surface area (TPSA) is 88.3 Å². The van der Waals surface area contributed by atoms with Gasteiger partial charge < -0.3 is 9.72 Å². The number of ether oxygens (including phenoxy) is 1. The minimum absolute atomic E-state index is 0.345. The van der Waals surface area contributed by atoms with Crippen molar-refractivity contribution >= 4 is 45.9 Å². The number of amides is 2. The summed E-state index contributed by atoms with van der Waals surface area (Å²) in [7, 11) is 1.32. The number of imide groups is 1. The van der Waals surface area contributed by atoms with E-state index in [0.717, 1.165) is 28.2 Å². The van der Waals surface area contributed by atoms with Crippen molar-refractivity contribution in [2.45, 2.75) is 0 Å². The van der Waals surface area contributed by atoms with Gasteiger partial charge in [-0.1, -0.05) is 6.07 Å². The van der Waals surface area contributed by atoms with Gasteiger partial charge in [-0.15, -0.1) is 0 Å². The molecule has 106 valence electrons. The number of aromatic amines is 1. The first kappa shape index (κ1) is 13.4. The molecule has 21 heavy (non-hydrogen) atoms. The van der Waals surface area contributed by atoms with Crippen molar-refractivity contribution < 1.29 is 19.1 Å². The van der Waals surface area contributed by atoms with Crippen LogP contribution in [0.2, 0.25) is 0 Å². The number of carbonyl (C=O) groups is 3. The summed E-state index contributed by atoms with van der Waals surface area (Å²) < 4.78 is 4.67. The lowest BCUT2D eigenvalue weighted by atomic mass is 10.1. The fraction of sp³-hybridized carbons (Fsp3) is 0.0714. The van der Waals surface area contributed by atoms with Gasteiger partial charge >= 0.3 is 5.97 Å². The number of hydrogen-bond acceptors (Lipinski definition) is 5. The highest BCUT2D eigenvalue weighted by Gasteiger charge is 2.25. The second-order valence-corrected chi connectivity index (χ2v) is 5.36. The van der Waals surface area contributed by atoms with E-state index in [-0.39, 0.29) is 5.24 Å². The molecule has 0 bridgehead atoms. The van der Waals surface area contributed by atoms with Gasteiger partial charge in [0.15, 0.2) is 0 Å². The summed E-state index contributed by atoms with van der Waals surface area (Å²) in [6, 6.07) is 5.09. The smallest absolute Gasteiger partial charge is 0.337 e. The number of thioether (sulfide) groups is 1. The van der Waals surface area contributed by atoms with Crippen molar-refractivity contribution in [3.05, 3.63) is 40.4 Å². The molecule has 0 atom stereocenters. The van der Waals surface area contributed by atoms with Crippen molar-refractivity contribution in [1.29, 1.82) is 0 Å². The summed E-state index contributed by atoms with van der Waals surface area (Å²) in [6.45, 7) is 0. The fourth-order valence-electron chi connectivity index (χ4n) is 2.08. The van der Waals surface area contributed by atoms with E-state index in [2.05, 4.69) is 15.0 Å². The molecule has 2 N–H and O–H groups in total. The molecule has 1 fully saturated rings. The number of hydrogen-bond donors (Lipinski definition) is 2. The van der Waals surface area contributed by atoms with Crippen molar-refractivity contribution in [2.75, 3.05) is 7.11 Å². The summed E-state index contributed by atoms with van der Waals surface area (Å²) in [6.07, 6.45) is 3.36. The Morgan fingerprint density at radius 3 is 2.81 bits per heavy atom. The van der Waals surface area contributed by atoms with Crippen LogP contribution in [0.5, 0.6) is 0 Å². The van der Waals surface area contributed by atoms with Gasteiger partial charge in [-0.05, 0) is 30.0 Å². The van der Waals surface area contributed by atoms with Gasteiger partial charge in [0.1, 0.15) is 0 Å². The lowest BCUT2D eigenvalue weighted by Gasteiger charge is -1.99. The molecule has 2 amide bonds. The van der Waals surface area contributed by atoms with Gasteiger partial charge in [0, 0.05) is 22.7 Å². The molecule has 6 nitrogen and oxygen atoms in total. The number of rotatable bonds is 2. The molecule has 7 heteroatoms. The fourth-order valence-corrected chi connectivity index (χ4v) is 2.75. The monoisotopic (exact) mass is 302 g/mol. The minimum atomic E-state index is -0.414. The number of benzene rings is 1. The van der Waals surface area contributed by atoms with Crippen molar-refractivity contribution in [3.63, 3.8) is 0 Å². The van der Waals surface area contributed by atoms with Crippen LogP contribution in [0.25, 0.3) is 17.0 Å². The van der Waals surface area contributed by atoms with Gasteiger partial charge in [-0.2, -0.15) is 0 Å². The van der Waals surface area contributed by atoms with Crippen LogP contribution in [-0.4, -0.2) is 29.2 Å². The minimum Gasteiger partial charge on any atom is -0.465 e. The number of carbonyl (C=O) groups excluding carboxylic acids is 3. The first-order chi connectivity index (χ1) is 10.1. The maximum Gasteiger partial charge on any atom is 0.337 e. The summed E-state index contributed by atoms with van der Waals surface area (Å²) in [4.78, 5) is 37.5. The van der Waals surface area contributed by atoms with E-state index in [0.29, 0.717) is 10.5 Å². The van der Waals surface area contributed by atoms with E-state index in [9.17, 15) is 14.4 Å². The lowest BCUT2D eigenvalue weighted by molar-refractivity contribution is -0.115. The molecule has 3 rings (SSSR count). The average molecular weight is 302 g/mol. The van der Waals surface area contributed by atoms with E-state index in [4.69, 9.17) is 0 Å². The molecule has 0 aliphatic carbocycles. The second-order valence-electron chi connectivity index (χ2n) is 4.35. The maximum absolute atomic E-state index is 11.5. The maximum atomic E-state index is 11.5. The van der Waals surface area contributed by atoms with E-state index < -0.39 is 11.9 Å². The lowest BCUT2D eigenvalue weighted by Crippen LogP contribution is -2.17. The van der Waals surface area contributed by atoms with Crippen LogP contribution in [0, 0.1) is 0 Å². The van der Waals surface area contributed by atoms with E-state index in [1.54, 1.807) is 30.5 Å². The van der Waals surface area contributed by atoms with Crippen molar-refractivity contribution in [1.82, 2.24) is 10.3 Å². The molecular weight excluding hydrogens is 292 g/mol. The number of aromatic nitrogens is 1. The summed E-state index contributed by atoms with van der Waals surface area (Å²) in [5, 5.41) is 2.68. The van der Waals surface area contributed by atoms with E-state index >= 15 is 0 Å². The number of methoxy groups -OCH3 is 1. The quantitative estimate of drug-likeness (QED) is 0.656. The molecule has 0 radical (unpaired) electrons. The average Bonchev–Trinajstić information content (AvgIpc) is 3.01. The largest absolute Gasteiger partial charge is 0.465 e.